The van der Waals surface area contributed by atoms with Crippen molar-refractivity contribution in [3.63, 3.8) is 0 Å². The van der Waals surface area contributed by atoms with Gasteiger partial charge in [-0.25, -0.2) is 0 Å². The van der Waals surface area contributed by atoms with Crippen LogP contribution in [0.3, 0.4) is 0 Å². The number of fused-ring (bicyclic) bond motifs is 2. The zero-order valence-electron chi connectivity index (χ0n) is 6.88. The highest BCUT2D eigenvalue weighted by molar-refractivity contribution is 6.11. The Morgan fingerprint density at radius 3 is 3.00 bits per heavy atom. The van der Waals surface area contributed by atoms with E-state index < -0.39 is 0 Å². The van der Waals surface area contributed by atoms with Gasteiger partial charge in [0, 0.05) is 16.8 Å². The molecule has 6 heteroatoms. The van der Waals surface area contributed by atoms with Crippen molar-refractivity contribution >= 4 is 7.85 Å². The van der Waals surface area contributed by atoms with Crippen LogP contribution < -0.4 is 0 Å². The second kappa shape index (κ2) is 2.97. The van der Waals surface area contributed by atoms with Gasteiger partial charge in [0.2, 0.25) is 0 Å². The molecule has 2 heterocycles. The average Bonchev–Trinajstić information content (AvgIpc) is 2.27. The zero-order chi connectivity index (χ0) is 8.55. The largest absolute Gasteiger partial charge is 0.381 e. The molecule has 12 heavy (non-hydrogen) atoms. The van der Waals surface area contributed by atoms with Crippen LogP contribution in [0.15, 0.2) is 5.11 Å². The van der Waals surface area contributed by atoms with Crippen molar-refractivity contribution in [1.29, 1.82) is 0 Å². The van der Waals surface area contributed by atoms with E-state index in [1.807, 2.05) is 7.85 Å². The Morgan fingerprint density at radius 2 is 2.33 bits per heavy atom. The average molecular weight is 167 g/mol. The predicted octanol–water partition coefficient (Wildman–Crippen LogP) is -0.330. The van der Waals surface area contributed by atoms with Crippen LogP contribution in [0.5, 0.6) is 0 Å². The van der Waals surface area contributed by atoms with Crippen molar-refractivity contribution in [1.82, 2.24) is 0 Å². The van der Waals surface area contributed by atoms with Gasteiger partial charge in [-0.1, -0.05) is 5.11 Å². The van der Waals surface area contributed by atoms with Crippen LogP contribution in [0.25, 0.3) is 10.4 Å². The first-order chi connectivity index (χ1) is 5.83. The topological polar surface area (TPSA) is 67.2 Å². The molecule has 0 saturated carbocycles. The van der Waals surface area contributed by atoms with Crippen LogP contribution in [0.1, 0.15) is 0 Å². The van der Waals surface area contributed by atoms with Crippen LogP contribution in [-0.2, 0) is 9.47 Å². The van der Waals surface area contributed by atoms with E-state index >= 15 is 0 Å². The molecule has 0 aromatic heterocycles. The highest BCUT2D eigenvalue weighted by atomic mass is 16.6. The summed E-state index contributed by atoms with van der Waals surface area (Å²) in [4.78, 5) is 2.82. The molecular weight excluding hydrogens is 157 g/mol. The van der Waals surface area contributed by atoms with Gasteiger partial charge in [-0.2, -0.15) is 0 Å². The third-order valence-electron chi connectivity index (χ3n) is 2.59. The summed E-state index contributed by atoms with van der Waals surface area (Å²) in [5.74, 6) is 0.250. The first-order valence-corrected chi connectivity index (χ1v) is 4.10. The summed E-state index contributed by atoms with van der Waals surface area (Å²) >= 11 is 0. The lowest BCUT2D eigenvalue weighted by Crippen LogP contribution is -2.37. The Labute approximate surface area is 71.1 Å². The molecule has 0 spiro atoms. The molecule has 0 aromatic carbocycles. The fourth-order valence-electron chi connectivity index (χ4n) is 1.92. The maximum Gasteiger partial charge on any atom is 0.139 e. The number of rotatable bonds is 1. The number of hydrogen-bond donors (Lipinski definition) is 0. The van der Waals surface area contributed by atoms with E-state index in [-0.39, 0.29) is 24.1 Å². The van der Waals surface area contributed by atoms with Gasteiger partial charge in [0.05, 0.1) is 25.4 Å². The molecule has 0 amide bonds. The number of hydrogen-bond acceptors (Lipinski definition) is 3. The van der Waals surface area contributed by atoms with E-state index in [0.29, 0.717) is 13.2 Å². The standard InChI is InChI=1S/C6H10BN3O2/c7-6-3-1-11-2-4(12-6)5(3)9-10-8/h3-6H,1-2,7H2/t3-,4+,5+,6-/m1/s1. The lowest BCUT2D eigenvalue weighted by molar-refractivity contribution is 0.00604. The molecule has 2 saturated heterocycles. The molecule has 0 radical (unpaired) electrons. The van der Waals surface area contributed by atoms with Gasteiger partial charge in [-0.15, -0.1) is 0 Å². The van der Waals surface area contributed by atoms with Crippen molar-refractivity contribution in [2.75, 3.05) is 13.2 Å². The third kappa shape index (κ3) is 1.08. The third-order valence-corrected chi connectivity index (χ3v) is 2.59. The monoisotopic (exact) mass is 167 g/mol. The maximum atomic E-state index is 8.33. The van der Waals surface area contributed by atoms with Gasteiger partial charge in [0.15, 0.2) is 0 Å². The van der Waals surface area contributed by atoms with Gasteiger partial charge in [0.1, 0.15) is 7.85 Å². The Kier molecular flexibility index (Phi) is 1.96. The van der Waals surface area contributed by atoms with Gasteiger partial charge in [-0.3, -0.25) is 0 Å². The summed E-state index contributed by atoms with van der Waals surface area (Å²) in [6.07, 6.45) is -0.0188. The van der Waals surface area contributed by atoms with Crippen molar-refractivity contribution < 1.29 is 9.47 Å². The minimum absolute atomic E-state index is 0.0150. The molecule has 2 aliphatic rings. The van der Waals surface area contributed by atoms with Crippen LogP contribution in [0.2, 0.25) is 0 Å². The van der Waals surface area contributed by atoms with Gasteiger partial charge in [-0.05, 0) is 5.53 Å². The van der Waals surface area contributed by atoms with Crippen molar-refractivity contribution in [2.45, 2.75) is 18.1 Å². The highest BCUT2D eigenvalue weighted by Crippen LogP contribution is 2.32. The number of nitrogens with zero attached hydrogens (tertiary/aromatic N) is 3. The molecule has 0 aromatic rings. The second-order valence-electron chi connectivity index (χ2n) is 3.28. The first-order valence-electron chi connectivity index (χ1n) is 4.10. The van der Waals surface area contributed by atoms with Gasteiger partial charge < -0.3 is 9.47 Å². The van der Waals surface area contributed by atoms with Gasteiger partial charge >= 0.3 is 0 Å². The van der Waals surface area contributed by atoms with Crippen molar-refractivity contribution in [3.05, 3.63) is 10.4 Å². The number of ether oxygens (including phenoxy) is 2. The van der Waals surface area contributed by atoms with Crippen LogP contribution in [0.4, 0.5) is 0 Å². The minimum atomic E-state index is -0.0188. The summed E-state index contributed by atoms with van der Waals surface area (Å²) < 4.78 is 10.9. The fraction of sp³-hybridized carbons (Fsp3) is 1.00. The van der Waals surface area contributed by atoms with Crippen LogP contribution >= 0.6 is 0 Å². The van der Waals surface area contributed by atoms with Crippen LogP contribution in [-0.4, -0.2) is 39.2 Å². The second-order valence-corrected chi connectivity index (χ2v) is 3.28. The first kappa shape index (κ1) is 7.92. The molecule has 0 N–H and O–H groups in total. The van der Waals surface area contributed by atoms with E-state index in [0.717, 1.165) is 0 Å². The van der Waals surface area contributed by atoms with E-state index in [2.05, 4.69) is 10.0 Å². The lowest BCUT2D eigenvalue weighted by atomic mass is 9.83. The van der Waals surface area contributed by atoms with Crippen LogP contribution in [0, 0.1) is 5.92 Å². The molecule has 0 unspecified atom stereocenters. The van der Waals surface area contributed by atoms with E-state index in [1.165, 1.54) is 0 Å². The lowest BCUT2D eigenvalue weighted by Gasteiger charge is -2.24. The molecule has 2 bridgehead atoms. The van der Waals surface area contributed by atoms with E-state index in [9.17, 15) is 0 Å². The molecule has 0 aliphatic carbocycles. The maximum absolute atomic E-state index is 8.33. The molecule has 64 valence electrons. The summed E-state index contributed by atoms with van der Waals surface area (Å²) in [7, 11) is 2.00. The zero-order valence-corrected chi connectivity index (χ0v) is 6.88. The Bertz CT molecular complexity index is 231. The minimum Gasteiger partial charge on any atom is -0.381 e. The molecule has 2 aliphatic heterocycles. The summed E-state index contributed by atoms with van der Waals surface area (Å²) in [6, 6.07) is 0.145. The Hall–Kier alpha value is -0.705. The summed E-state index contributed by atoms with van der Waals surface area (Å²) in [5, 5.41) is 3.73. The number of azide groups is 1. The fourth-order valence-corrected chi connectivity index (χ4v) is 1.92. The Morgan fingerprint density at radius 1 is 1.50 bits per heavy atom. The molecule has 2 rings (SSSR count). The normalized spacial score (nSPS) is 45.3. The molecule has 2 fully saturated rings. The highest BCUT2D eigenvalue weighted by Gasteiger charge is 2.44. The van der Waals surface area contributed by atoms with Crippen molar-refractivity contribution in [2.24, 2.45) is 11.0 Å². The Balaban J connectivity index is 2.19. The van der Waals surface area contributed by atoms with E-state index in [4.69, 9.17) is 15.0 Å². The SMILES string of the molecule is B[C@@H]1O[C@H]2COC[C@@H]1[C@@H]2N=[N+]=[N-]. The quantitative estimate of drug-likeness (QED) is 0.232. The molecule has 5 nitrogen and oxygen atoms in total. The summed E-state index contributed by atoms with van der Waals surface area (Å²) in [5.41, 5.74) is 8.33. The predicted molar refractivity (Wildman–Crippen MR) is 44.4 cm³/mol. The van der Waals surface area contributed by atoms with Gasteiger partial charge in [0.25, 0.3) is 0 Å². The van der Waals surface area contributed by atoms with E-state index in [1.54, 1.807) is 0 Å². The smallest absolute Gasteiger partial charge is 0.139 e. The molecule has 4 atom stereocenters. The van der Waals surface area contributed by atoms with Crippen molar-refractivity contribution in [3.8, 4) is 0 Å². The summed E-state index contributed by atoms with van der Waals surface area (Å²) in [6.45, 7) is 1.21. The molecular formula is C6H10BN3O2.